The monoisotopic (exact) mass is 632 g/mol. The van der Waals surface area contributed by atoms with E-state index in [0.29, 0.717) is 0 Å². The van der Waals surface area contributed by atoms with E-state index in [0.717, 1.165) is 39.3 Å². The molecule has 0 N–H and O–H groups in total. The number of nitrogens with zero attached hydrogens (tertiary/aromatic N) is 4. The Bertz CT molecular complexity index is 554. The average molecular weight is 633 g/mol. The summed E-state index contributed by atoms with van der Waals surface area (Å²) in [7, 11) is -3.84. The molecule has 1 aromatic rings. The van der Waals surface area contributed by atoms with Crippen LogP contribution in [-0.2, 0) is 19.2 Å². The molecular weight excluding hydrogens is 588 g/mol. The zero-order chi connectivity index (χ0) is 23.3. The van der Waals surface area contributed by atoms with Gasteiger partial charge in [-0.05, 0) is 19.6 Å². The Kier molecular flexibility index (Phi) is 15.2. The van der Waals surface area contributed by atoms with E-state index in [1.54, 1.807) is 0 Å². The molecule has 0 aromatic heterocycles. The van der Waals surface area contributed by atoms with Crippen molar-refractivity contribution in [3.63, 3.8) is 0 Å². The first kappa shape index (κ1) is 30.2. The van der Waals surface area contributed by atoms with Crippen molar-refractivity contribution < 1.29 is 19.2 Å². The van der Waals surface area contributed by atoms with Crippen molar-refractivity contribution in [2.75, 3.05) is 39.3 Å². The van der Waals surface area contributed by atoms with Crippen molar-refractivity contribution in [2.45, 2.75) is 58.9 Å². The predicted octanol–water partition coefficient (Wildman–Crippen LogP) is 6.45. The maximum absolute atomic E-state index is 4.86. The van der Waals surface area contributed by atoms with Gasteiger partial charge >= 0.3 is 59.3 Å². The molecule has 0 heterocycles. The van der Waals surface area contributed by atoms with E-state index >= 15 is 0 Å². The molecule has 0 fully saturated rings. The number of rotatable bonds is 12. The summed E-state index contributed by atoms with van der Waals surface area (Å²) in [5, 5.41) is 0. The van der Waals surface area contributed by atoms with Gasteiger partial charge in [-0.3, -0.25) is 0 Å². The van der Waals surface area contributed by atoms with Crippen LogP contribution in [0, 0.1) is 4.20 Å². The molecule has 0 spiro atoms. The van der Waals surface area contributed by atoms with Crippen LogP contribution in [0.5, 0.6) is 0 Å². The molecule has 0 atom stereocenters. The molecule has 0 aliphatic rings. The molecule has 0 bridgehead atoms. The molecule has 173 valence electrons. The quantitative estimate of drug-likeness (QED) is 0.244. The third kappa shape index (κ3) is 21.4. The molecule has 0 aliphatic heterocycles. The van der Waals surface area contributed by atoms with Gasteiger partial charge in [0.05, 0.1) is 0 Å². The Morgan fingerprint density at radius 3 is 1.23 bits per heavy atom. The normalized spacial score (nSPS) is 12.3. The molecule has 4 nitrogen and oxygen atoms in total. The fraction of sp³-hybridized carbons (Fsp3) is 0.682. The van der Waals surface area contributed by atoms with Gasteiger partial charge in [0.25, 0.3) is 0 Å². The van der Waals surface area contributed by atoms with Gasteiger partial charge in [-0.1, -0.05) is 83.6 Å². The summed E-state index contributed by atoms with van der Waals surface area (Å²) in [5.74, 6) is 0. The van der Waals surface area contributed by atoms with Gasteiger partial charge in [-0.25, -0.2) is 0 Å². The molecule has 0 unspecified atom stereocenters. The number of benzene rings is 1. The molecular formula is C22H44N4Si3W-3. The van der Waals surface area contributed by atoms with E-state index in [2.05, 4.69) is 68.0 Å². The summed E-state index contributed by atoms with van der Waals surface area (Å²) in [6, 6.07) is 10.1. The molecule has 30 heavy (non-hydrogen) atoms. The average Bonchev–Trinajstić information content (AvgIpc) is 2.59. The van der Waals surface area contributed by atoms with Gasteiger partial charge < -0.3 is 19.8 Å². The third-order valence-corrected chi connectivity index (χ3v) is 8.26. The van der Waals surface area contributed by atoms with Crippen molar-refractivity contribution in [3.05, 3.63) is 50.8 Å². The molecule has 8 heteroatoms. The van der Waals surface area contributed by atoms with Crippen LogP contribution in [-0.4, -0.2) is 68.9 Å². The Balaban J connectivity index is 0.000000867. The molecule has 0 radical (unpaired) electrons. The molecule has 1 rings (SSSR count). The van der Waals surface area contributed by atoms with Crippen LogP contribution >= 0.6 is 0 Å². The summed E-state index contributed by atoms with van der Waals surface area (Å²) < 4.78 is 3.11. The molecule has 1 aromatic carbocycles. The molecule has 0 saturated heterocycles. The topological polar surface area (TPSA) is 45.5 Å². The van der Waals surface area contributed by atoms with Gasteiger partial charge in [0.1, 0.15) is 0 Å². The fourth-order valence-electron chi connectivity index (χ4n) is 2.42. The van der Waals surface area contributed by atoms with Gasteiger partial charge in [0.2, 0.25) is 0 Å². The second kappa shape index (κ2) is 15.1. The molecule has 0 amide bonds. The van der Waals surface area contributed by atoms with E-state index in [9.17, 15) is 0 Å². The van der Waals surface area contributed by atoms with Gasteiger partial charge in [-0.2, -0.15) is 0 Å². The van der Waals surface area contributed by atoms with Crippen molar-refractivity contribution in [2.24, 2.45) is 0 Å². The summed E-state index contributed by atoms with van der Waals surface area (Å²) in [4.78, 5) is 17.1. The second-order valence-electron chi connectivity index (χ2n) is 10.5. The van der Waals surface area contributed by atoms with E-state index < -0.39 is 24.7 Å². The number of hydrogen-bond donors (Lipinski definition) is 0. The Hall–Kier alpha value is 0.179. The number of hydrogen-bond acceptors (Lipinski definition) is 1. The fourth-order valence-corrected chi connectivity index (χ4v) is 5.22. The van der Waals surface area contributed by atoms with Crippen LogP contribution < -0.4 is 0 Å². The van der Waals surface area contributed by atoms with Crippen LogP contribution in [0.3, 0.4) is 0 Å². The van der Waals surface area contributed by atoms with Gasteiger partial charge in [0.15, 0.2) is 0 Å². The van der Waals surface area contributed by atoms with E-state index in [1.807, 2.05) is 30.3 Å². The first-order chi connectivity index (χ1) is 13.7. The SMILES string of the molecule is C[Si](C)(C)[N-]CCN(CC[N-][Si](C)(C)C)CC[N-][Si](C)(C)C.[W]#[C]c1ccccc1. The van der Waals surface area contributed by atoms with Crippen LogP contribution in [0.2, 0.25) is 58.9 Å². The summed E-state index contributed by atoms with van der Waals surface area (Å²) in [6.45, 7) is 26.8. The van der Waals surface area contributed by atoms with Crippen LogP contribution in [0.15, 0.2) is 30.3 Å². The van der Waals surface area contributed by atoms with Crippen molar-refractivity contribution >= 4 is 24.7 Å². The van der Waals surface area contributed by atoms with Gasteiger partial charge in [-0.15, -0.1) is 19.6 Å². The minimum atomic E-state index is -1.28. The van der Waals surface area contributed by atoms with Crippen molar-refractivity contribution in [1.29, 1.82) is 0 Å². The van der Waals surface area contributed by atoms with Crippen LogP contribution in [0.1, 0.15) is 5.56 Å². The second-order valence-corrected chi connectivity index (χ2v) is 25.2. The summed E-state index contributed by atoms with van der Waals surface area (Å²) in [5.41, 5.74) is 1.20. The Morgan fingerprint density at radius 2 is 1.00 bits per heavy atom. The molecule has 0 aliphatic carbocycles. The maximum atomic E-state index is 4.86. The van der Waals surface area contributed by atoms with Crippen molar-refractivity contribution in [3.8, 4) is 4.20 Å². The molecule has 0 saturated carbocycles. The Morgan fingerprint density at radius 1 is 0.667 bits per heavy atom. The Labute approximate surface area is 201 Å². The van der Waals surface area contributed by atoms with E-state index in [4.69, 9.17) is 14.9 Å². The summed E-state index contributed by atoms with van der Waals surface area (Å²) >= 11 is 1.38. The zero-order valence-corrected chi connectivity index (χ0v) is 26.8. The first-order valence-electron chi connectivity index (χ1n) is 10.9. The first-order valence-corrected chi connectivity index (χ1v) is 22.7. The predicted molar refractivity (Wildman–Crippen MR) is 141 cm³/mol. The zero-order valence-electron chi connectivity index (χ0n) is 20.8. The third-order valence-electron chi connectivity index (χ3n) is 3.90. The van der Waals surface area contributed by atoms with Crippen molar-refractivity contribution in [1.82, 2.24) is 4.90 Å². The summed E-state index contributed by atoms with van der Waals surface area (Å²) in [6.07, 6.45) is 0. The van der Waals surface area contributed by atoms with E-state index in [-0.39, 0.29) is 0 Å². The van der Waals surface area contributed by atoms with Crippen LogP contribution in [0.4, 0.5) is 0 Å². The van der Waals surface area contributed by atoms with Crippen LogP contribution in [0.25, 0.3) is 14.9 Å². The van der Waals surface area contributed by atoms with E-state index in [1.165, 1.54) is 24.7 Å². The van der Waals surface area contributed by atoms with Gasteiger partial charge in [0, 0.05) is 0 Å². The standard InChI is InChI=1S/C15H39N4Si3.C7H5.W/c1-20(2,3)16-10-13-19(14-11-17-21(4,5)6)15-12-18-22(7,8)9;1-7-5-3-2-4-6-7;/h10-15H2,1-9H3;2-6H;/q-3;;. The minimum absolute atomic E-state index is 0.968.